The molecule has 0 aliphatic carbocycles. The van der Waals surface area contributed by atoms with Crippen LogP contribution in [0.1, 0.15) is 25.7 Å². The van der Waals surface area contributed by atoms with E-state index in [1.807, 2.05) is 29.2 Å². The van der Waals surface area contributed by atoms with Gasteiger partial charge in [0.15, 0.2) is 0 Å². The molecule has 0 aromatic heterocycles. The van der Waals surface area contributed by atoms with Crippen LogP contribution in [-0.2, 0) is 0 Å². The smallest absolute Gasteiger partial charge is 0.286 e. The third kappa shape index (κ3) is 3.93. The van der Waals surface area contributed by atoms with Crippen molar-refractivity contribution in [2.75, 3.05) is 13.1 Å². The average Bonchev–Trinajstić information content (AvgIpc) is 2.61. The minimum absolute atomic E-state index is 0.161. The lowest BCUT2D eigenvalue weighted by Crippen LogP contribution is -2.28. The van der Waals surface area contributed by atoms with E-state index < -0.39 is 0 Å². The van der Waals surface area contributed by atoms with Crippen molar-refractivity contribution < 1.29 is 4.79 Å². The molecule has 1 heterocycles. The lowest BCUT2D eigenvalue weighted by atomic mass is 10.2. The summed E-state index contributed by atoms with van der Waals surface area (Å²) < 4.78 is 0. The lowest BCUT2D eigenvalue weighted by Gasteiger charge is -2.19. The summed E-state index contributed by atoms with van der Waals surface area (Å²) in [5.74, 6) is 0. The zero-order chi connectivity index (χ0) is 12.1. The van der Waals surface area contributed by atoms with Crippen LogP contribution in [0.5, 0.6) is 0 Å². The number of halogens is 1. The second-order valence-electron chi connectivity index (χ2n) is 4.22. The Morgan fingerprint density at radius 1 is 1.06 bits per heavy atom. The molecular formula is C13H16ClNOS. The summed E-state index contributed by atoms with van der Waals surface area (Å²) in [7, 11) is 0. The predicted octanol–water partition coefficient (Wildman–Crippen LogP) is 4.43. The molecule has 0 N–H and O–H groups in total. The third-order valence-electron chi connectivity index (χ3n) is 2.88. The molecule has 92 valence electrons. The van der Waals surface area contributed by atoms with E-state index in [1.54, 1.807) is 0 Å². The van der Waals surface area contributed by atoms with Gasteiger partial charge in [-0.1, -0.05) is 24.4 Å². The van der Waals surface area contributed by atoms with Crippen LogP contribution in [-0.4, -0.2) is 23.2 Å². The standard InChI is InChI=1S/C13H16ClNOS/c14-11-5-7-12(8-6-11)17-13(16)15-9-3-1-2-4-10-15/h5-8H,1-4,9-10H2. The highest BCUT2D eigenvalue weighted by Gasteiger charge is 2.16. The molecule has 0 spiro atoms. The number of amides is 1. The molecule has 1 fully saturated rings. The number of thioether (sulfide) groups is 1. The van der Waals surface area contributed by atoms with Crippen LogP contribution in [0.15, 0.2) is 29.2 Å². The zero-order valence-corrected chi connectivity index (χ0v) is 11.3. The third-order valence-corrected chi connectivity index (χ3v) is 4.08. The Bertz CT molecular complexity index is 372. The van der Waals surface area contributed by atoms with Gasteiger partial charge in [0.1, 0.15) is 0 Å². The van der Waals surface area contributed by atoms with E-state index in [0.29, 0.717) is 5.02 Å². The molecule has 4 heteroatoms. The summed E-state index contributed by atoms with van der Waals surface area (Å²) in [6.07, 6.45) is 4.75. The van der Waals surface area contributed by atoms with Crippen molar-refractivity contribution in [3.8, 4) is 0 Å². The van der Waals surface area contributed by atoms with Crippen LogP contribution in [0, 0.1) is 0 Å². The first kappa shape index (κ1) is 12.8. The van der Waals surface area contributed by atoms with Crippen LogP contribution in [0.4, 0.5) is 4.79 Å². The summed E-state index contributed by atoms with van der Waals surface area (Å²) >= 11 is 7.11. The van der Waals surface area contributed by atoms with Crippen LogP contribution >= 0.6 is 23.4 Å². The quantitative estimate of drug-likeness (QED) is 0.703. The molecule has 1 aromatic rings. The molecule has 0 unspecified atom stereocenters. The summed E-state index contributed by atoms with van der Waals surface area (Å²) in [5.41, 5.74) is 0. The van der Waals surface area contributed by atoms with Gasteiger partial charge >= 0.3 is 0 Å². The number of likely N-dealkylation sites (tertiary alicyclic amines) is 1. The molecule has 0 bridgehead atoms. The molecule has 2 nitrogen and oxygen atoms in total. The maximum absolute atomic E-state index is 12.1. The monoisotopic (exact) mass is 269 g/mol. The van der Waals surface area contributed by atoms with E-state index in [1.165, 1.54) is 24.6 Å². The molecule has 1 aromatic carbocycles. The average molecular weight is 270 g/mol. The first-order chi connectivity index (χ1) is 8.25. The molecule has 1 aliphatic heterocycles. The maximum atomic E-state index is 12.1. The summed E-state index contributed by atoms with van der Waals surface area (Å²) in [5, 5.41) is 0.866. The number of rotatable bonds is 1. The Labute approximate surface area is 111 Å². The highest BCUT2D eigenvalue weighted by Crippen LogP contribution is 2.24. The van der Waals surface area contributed by atoms with E-state index in [9.17, 15) is 4.79 Å². The van der Waals surface area contributed by atoms with Gasteiger partial charge in [-0.15, -0.1) is 0 Å². The van der Waals surface area contributed by atoms with Gasteiger partial charge in [0.05, 0.1) is 0 Å². The number of benzene rings is 1. The lowest BCUT2D eigenvalue weighted by molar-refractivity contribution is 0.225. The largest absolute Gasteiger partial charge is 0.333 e. The number of hydrogen-bond donors (Lipinski definition) is 0. The first-order valence-electron chi connectivity index (χ1n) is 5.98. The van der Waals surface area contributed by atoms with Gasteiger partial charge in [-0.25, -0.2) is 0 Å². The maximum Gasteiger partial charge on any atom is 0.286 e. The molecule has 17 heavy (non-hydrogen) atoms. The number of carbonyl (C=O) groups is 1. The molecule has 2 rings (SSSR count). The van der Waals surface area contributed by atoms with Crippen molar-refractivity contribution in [1.29, 1.82) is 0 Å². The van der Waals surface area contributed by atoms with Crippen LogP contribution < -0.4 is 0 Å². The molecule has 0 saturated carbocycles. The summed E-state index contributed by atoms with van der Waals surface area (Å²) in [6, 6.07) is 7.42. The van der Waals surface area contributed by atoms with Gasteiger partial charge in [0.2, 0.25) is 0 Å². The van der Waals surface area contributed by atoms with Crippen molar-refractivity contribution in [3.63, 3.8) is 0 Å². The second-order valence-corrected chi connectivity index (χ2v) is 5.68. The van der Waals surface area contributed by atoms with Gasteiger partial charge in [-0.2, -0.15) is 0 Å². The van der Waals surface area contributed by atoms with Crippen molar-refractivity contribution in [2.24, 2.45) is 0 Å². The normalized spacial score (nSPS) is 16.6. The SMILES string of the molecule is O=C(Sc1ccc(Cl)cc1)N1CCCCCC1. The number of hydrogen-bond acceptors (Lipinski definition) is 2. The van der Waals surface area contributed by atoms with E-state index >= 15 is 0 Å². The Morgan fingerprint density at radius 3 is 2.24 bits per heavy atom. The fourth-order valence-corrected chi connectivity index (χ4v) is 2.83. The van der Waals surface area contributed by atoms with Gasteiger partial charge in [0, 0.05) is 23.0 Å². The highest BCUT2D eigenvalue weighted by atomic mass is 35.5. The number of nitrogens with zero attached hydrogens (tertiary/aromatic N) is 1. The Morgan fingerprint density at radius 2 is 1.65 bits per heavy atom. The Hall–Kier alpha value is -0.670. The van der Waals surface area contributed by atoms with Gasteiger partial charge in [-0.3, -0.25) is 4.79 Å². The number of carbonyl (C=O) groups excluding carboxylic acids is 1. The van der Waals surface area contributed by atoms with Gasteiger partial charge < -0.3 is 4.90 Å². The van der Waals surface area contributed by atoms with E-state index in [4.69, 9.17) is 11.6 Å². The van der Waals surface area contributed by atoms with Crippen LogP contribution in [0.2, 0.25) is 5.02 Å². The summed E-state index contributed by atoms with van der Waals surface area (Å²) in [6.45, 7) is 1.80. The molecule has 1 aliphatic rings. The predicted molar refractivity (Wildman–Crippen MR) is 72.7 cm³/mol. The van der Waals surface area contributed by atoms with Crippen molar-refractivity contribution in [1.82, 2.24) is 4.90 Å². The highest BCUT2D eigenvalue weighted by molar-refractivity contribution is 8.13. The van der Waals surface area contributed by atoms with E-state index in [2.05, 4.69) is 0 Å². The van der Waals surface area contributed by atoms with Gasteiger partial charge in [-0.05, 0) is 48.9 Å². The Balaban J connectivity index is 1.93. The van der Waals surface area contributed by atoms with Crippen molar-refractivity contribution in [3.05, 3.63) is 29.3 Å². The van der Waals surface area contributed by atoms with Crippen LogP contribution in [0.3, 0.4) is 0 Å². The topological polar surface area (TPSA) is 20.3 Å². The van der Waals surface area contributed by atoms with E-state index in [0.717, 1.165) is 30.8 Å². The first-order valence-corrected chi connectivity index (χ1v) is 7.17. The minimum atomic E-state index is 0.161. The minimum Gasteiger partial charge on any atom is -0.333 e. The van der Waals surface area contributed by atoms with Gasteiger partial charge in [0.25, 0.3) is 5.24 Å². The molecular weight excluding hydrogens is 254 g/mol. The fraction of sp³-hybridized carbons (Fsp3) is 0.462. The second kappa shape index (κ2) is 6.31. The molecule has 0 radical (unpaired) electrons. The Kier molecular flexibility index (Phi) is 4.75. The zero-order valence-electron chi connectivity index (χ0n) is 9.69. The van der Waals surface area contributed by atoms with Crippen molar-refractivity contribution in [2.45, 2.75) is 30.6 Å². The molecule has 0 atom stereocenters. The van der Waals surface area contributed by atoms with Crippen molar-refractivity contribution >= 4 is 28.6 Å². The van der Waals surface area contributed by atoms with Crippen LogP contribution in [0.25, 0.3) is 0 Å². The summed E-state index contributed by atoms with van der Waals surface area (Å²) in [4.78, 5) is 15.0. The fourth-order valence-electron chi connectivity index (χ4n) is 1.92. The molecule has 1 saturated heterocycles. The van der Waals surface area contributed by atoms with E-state index in [-0.39, 0.29) is 5.24 Å². The molecule has 1 amide bonds.